The Hall–Kier alpha value is -2.67. The molecule has 2 aromatic carbocycles. The number of H-pyrrole nitrogens is 1. The van der Waals surface area contributed by atoms with Gasteiger partial charge in [-0.3, -0.25) is 9.89 Å². The summed E-state index contributed by atoms with van der Waals surface area (Å²) in [6.45, 7) is 3.74. The van der Waals surface area contributed by atoms with Gasteiger partial charge in [0.2, 0.25) is 11.1 Å². The number of aryl methyl sites for hydroxylation is 1. The number of hydrogen-bond donors (Lipinski definition) is 2. The van der Waals surface area contributed by atoms with Crippen molar-refractivity contribution < 1.29 is 9.18 Å². The molecule has 0 unspecified atom stereocenters. The third-order valence-electron chi connectivity index (χ3n) is 3.53. The lowest BCUT2D eigenvalue weighted by atomic mass is 10.2. The maximum atomic E-state index is 13.8. The van der Waals surface area contributed by atoms with E-state index in [1.165, 1.54) is 17.8 Å². The van der Waals surface area contributed by atoms with Crippen LogP contribution in [0.3, 0.4) is 0 Å². The number of thioether (sulfide) groups is 1. The molecular formula is C18H17FN4OS. The first-order chi connectivity index (χ1) is 12.0. The van der Waals surface area contributed by atoms with Crippen LogP contribution in [0, 0.1) is 12.7 Å². The summed E-state index contributed by atoms with van der Waals surface area (Å²) in [6, 6.07) is 13.9. The Morgan fingerprint density at radius 3 is 2.80 bits per heavy atom. The van der Waals surface area contributed by atoms with Crippen LogP contribution in [0.15, 0.2) is 53.7 Å². The van der Waals surface area contributed by atoms with Crippen LogP contribution in [0.1, 0.15) is 12.5 Å². The van der Waals surface area contributed by atoms with Gasteiger partial charge in [-0.15, -0.1) is 5.10 Å². The molecule has 0 bridgehead atoms. The van der Waals surface area contributed by atoms with Gasteiger partial charge in [0.05, 0.1) is 10.8 Å². The Balaban J connectivity index is 1.66. The molecule has 0 aliphatic rings. The van der Waals surface area contributed by atoms with Crippen LogP contribution in [-0.4, -0.2) is 26.3 Å². The number of rotatable bonds is 5. The molecule has 2 N–H and O–H groups in total. The zero-order valence-corrected chi connectivity index (χ0v) is 14.6. The summed E-state index contributed by atoms with van der Waals surface area (Å²) >= 11 is 1.21. The maximum Gasteiger partial charge on any atom is 0.237 e. The van der Waals surface area contributed by atoms with Crippen LogP contribution in [0.5, 0.6) is 0 Å². The van der Waals surface area contributed by atoms with Crippen LogP contribution < -0.4 is 5.32 Å². The van der Waals surface area contributed by atoms with Crippen molar-refractivity contribution in [2.75, 3.05) is 5.32 Å². The third-order valence-corrected chi connectivity index (χ3v) is 4.49. The monoisotopic (exact) mass is 356 g/mol. The van der Waals surface area contributed by atoms with Crippen molar-refractivity contribution in [2.45, 2.75) is 24.3 Å². The fraction of sp³-hybridized carbons (Fsp3) is 0.167. The van der Waals surface area contributed by atoms with Crippen molar-refractivity contribution in [1.29, 1.82) is 0 Å². The largest absolute Gasteiger partial charge is 0.325 e. The molecule has 0 radical (unpaired) electrons. The van der Waals surface area contributed by atoms with E-state index in [2.05, 4.69) is 20.5 Å². The summed E-state index contributed by atoms with van der Waals surface area (Å²) in [4.78, 5) is 16.6. The van der Waals surface area contributed by atoms with Gasteiger partial charge in [0.15, 0.2) is 5.82 Å². The smallest absolute Gasteiger partial charge is 0.237 e. The van der Waals surface area contributed by atoms with Crippen LogP contribution in [0.4, 0.5) is 10.1 Å². The zero-order valence-electron chi connectivity index (χ0n) is 13.8. The van der Waals surface area contributed by atoms with E-state index in [0.717, 1.165) is 11.3 Å². The summed E-state index contributed by atoms with van der Waals surface area (Å²) in [5, 5.41) is 9.63. The van der Waals surface area contributed by atoms with Crippen LogP contribution >= 0.6 is 11.8 Å². The Bertz CT molecular complexity index is 896. The second-order valence-corrected chi connectivity index (χ2v) is 6.87. The van der Waals surface area contributed by atoms with Gasteiger partial charge in [0, 0.05) is 5.69 Å². The van der Waals surface area contributed by atoms with Crippen molar-refractivity contribution in [3.63, 3.8) is 0 Å². The van der Waals surface area contributed by atoms with Gasteiger partial charge in [-0.05, 0) is 43.7 Å². The standard InChI is InChI=1S/C18H17FN4OS/c1-11-6-5-7-13(10-11)20-17(24)12(2)25-18-21-16(22-23-18)14-8-3-4-9-15(14)19/h3-10,12H,1-2H3,(H,20,24)(H,21,22,23)/t12-/m1/s1. The molecule has 0 fully saturated rings. The Labute approximate surface area is 149 Å². The van der Waals surface area contributed by atoms with Gasteiger partial charge in [-0.1, -0.05) is 36.0 Å². The normalized spacial score (nSPS) is 12.0. The predicted molar refractivity (Wildman–Crippen MR) is 96.9 cm³/mol. The molecule has 0 aliphatic heterocycles. The number of hydrogen-bond acceptors (Lipinski definition) is 4. The lowest BCUT2D eigenvalue weighted by Gasteiger charge is -2.10. The molecule has 5 nitrogen and oxygen atoms in total. The number of carbonyl (C=O) groups excluding carboxylic acids is 1. The van der Waals surface area contributed by atoms with Crippen LogP contribution in [0.2, 0.25) is 0 Å². The number of anilines is 1. The Kier molecular flexibility index (Phi) is 5.14. The van der Waals surface area contributed by atoms with Gasteiger partial charge in [-0.2, -0.15) is 0 Å². The van der Waals surface area contributed by atoms with Gasteiger partial charge < -0.3 is 5.32 Å². The average Bonchev–Trinajstić information content (AvgIpc) is 3.03. The minimum Gasteiger partial charge on any atom is -0.325 e. The van der Waals surface area contributed by atoms with Gasteiger partial charge in [0.1, 0.15) is 5.82 Å². The van der Waals surface area contributed by atoms with Crippen LogP contribution in [0.25, 0.3) is 11.4 Å². The van der Waals surface area contributed by atoms with E-state index in [0.29, 0.717) is 16.5 Å². The molecule has 1 heterocycles. The molecule has 0 aliphatic carbocycles. The molecule has 1 amide bonds. The molecule has 128 valence electrons. The number of aromatic nitrogens is 3. The average molecular weight is 356 g/mol. The van der Waals surface area contributed by atoms with Crippen molar-refractivity contribution >= 4 is 23.4 Å². The number of benzene rings is 2. The van der Waals surface area contributed by atoms with E-state index in [4.69, 9.17) is 0 Å². The van der Waals surface area contributed by atoms with Crippen LogP contribution in [-0.2, 0) is 4.79 Å². The Morgan fingerprint density at radius 2 is 2.04 bits per heavy atom. The first-order valence-corrected chi connectivity index (χ1v) is 8.62. The molecule has 0 spiro atoms. The molecule has 0 saturated carbocycles. The highest BCUT2D eigenvalue weighted by molar-refractivity contribution is 8.00. The van der Waals surface area contributed by atoms with Crippen molar-refractivity contribution in [3.05, 3.63) is 59.9 Å². The number of nitrogens with zero attached hydrogens (tertiary/aromatic N) is 2. The summed E-state index contributed by atoms with van der Waals surface area (Å²) in [6.07, 6.45) is 0. The van der Waals surface area contributed by atoms with Gasteiger partial charge >= 0.3 is 0 Å². The highest BCUT2D eigenvalue weighted by Crippen LogP contribution is 2.24. The number of carbonyl (C=O) groups is 1. The lowest BCUT2D eigenvalue weighted by molar-refractivity contribution is -0.115. The first-order valence-electron chi connectivity index (χ1n) is 7.74. The number of amides is 1. The van der Waals surface area contributed by atoms with Gasteiger partial charge in [-0.25, -0.2) is 9.37 Å². The second kappa shape index (κ2) is 7.48. The maximum absolute atomic E-state index is 13.8. The fourth-order valence-electron chi connectivity index (χ4n) is 2.25. The topological polar surface area (TPSA) is 70.7 Å². The van der Waals surface area contributed by atoms with Crippen molar-refractivity contribution in [1.82, 2.24) is 15.2 Å². The van der Waals surface area contributed by atoms with Crippen molar-refractivity contribution in [2.24, 2.45) is 0 Å². The molecule has 0 saturated heterocycles. The fourth-order valence-corrected chi connectivity index (χ4v) is 2.98. The Morgan fingerprint density at radius 1 is 1.24 bits per heavy atom. The molecular weight excluding hydrogens is 339 g/mol. The molecule has 25 heavy (non-hydrogen) atoms. The molecule has 1 aromatic heterocycles. The number of halogens is 1. The summed E-state index contributed by atoms with van der Waals surface area (Å²) < 4.78 is 13.8. The summed E-state index contributed by atoms with van der Waals surface area (Å²) in [5.41, 5.74) is 2.17. The van der Waals surface area contributed by atoms with E-state index in [1.54, 1.807) is 25.1 Å². The van der Waals surface area contributed by atoms with E-state index < -0.39 is 5.25 Å². The van der Waals surface area contributed by atoms with E-state index in [1.807, 2.05) is 31.2 Å². The third kappa shape index (κ3) is 4.24. The number of nitrogens with one attached hydrogen (secondary N) is 2. The quantitative estimate of drug-likeness (QED) is 0.677. The lowest BCUT2D eigenvalue weighted by Crippen LogP contribution is -2.22. The summed E-state index contributed by atoms with van der Waals surface area (Å²) in [5.74, 6) is -0.180. The van der Waals surface area contributed by atoms with E-state index in [-0.39, 0.29) is 11.7 Å². The SMILES string of the molecule is Cc1cccc(NC(=O)[C@@H](C)Sc2n[nH]c(-c3ccccc3F)n2)c1. The van der Waals surface area contributed by atoms with E-state index in [9.17, 15) is 9.18 Å². The molecule has 3 rings (SSSR count). The predicted octanol–water partition coefficient (Wildman–Crippen LogP) is 4.04. The minimum atomic E-state index is -0.398. The van der Waals surface area contributed by atoms with Gasteiger partial charge in [0.25, 0.3) is 0 Å². The highest BCUT2D eigenvalue weighted by Gasteiger charge is 2.18. The highest BCUT2D eigenvalue weighted by atomic mass is 32.2. The molecule has 1 atom stereocenters. The first kappa shape index (κ1) is 17.2. The molecule has 7 heteroatoms. The van der Waals surface area contributed by atoms with E-state index >= 15 is 0 Å². The number of aromatic amines is 1. The summed E-state index contributed by atoms with van der Waals surface area (Å²) in [7, 11) is 0. The van der Waals surface area contributed by atoms with Crippen molar-refractivity contribution in [3.8, 4) is 11.4 Å². The second-order valence-electron chi connectivity index (χ2n) is 5.57. The molecule has 3 aromatic rings. The zero-order chi connectivity index (χ0) is 17.8. The minimum absolute atomic E-state index is 0.146.